The summed E-state index contributed by atoms with van der Waals surface area (Å²) >= 11 is 0. The third-order valence-electron chi connectivity index (χ3n) is 6.43. The van der Waals surface area contributed by atoms with Crippen molar-refractivity contribution < 1.29 is 14.3 Å². The minimum atomic E-state index is -0.00110. The van der Waals surface area contributed by atoms with Crippen molar-refractivity contribution in [2.75, 3.05) is 88.9 Å². The average Bonchev–Trinajstić information content (AvgIpc) is 2.81. The number of benzene rings is 1. The van der Waals surface area contributed by atoms with Gasteiger partial charge in [0.2, 0.25) is 11.8 Å². The number of amides is 2. The summed E-state index contributed by atoms with van der Waals surface area (Å²) in [6, 6.07) is 8.17. The number of nitrogens with zero attached hydrogens (tertiary/aromatic N) is 4. The van der Waals surface area contributed by atoms with Crippen LogP contribution < -0.4 is 10.2 Å². The predicted molar refractivity (Wildman–Crippen MR) is 121 cm³/mol. The molecule has 1 N–H and O–H groups in total. The largest absolute Gasteiger partial charge is 0.379 e. The van der Waals surface area contributed by atoms with Crippen LogP contribution in [0.5, 0.6) is 0 Å². The van der Waals surface area contributed by atoms with Crippen LogP contribution in [-0.2, 0) is 14.3 Å². The Morgan fingerprint density at radius 1 is 0.774 bits per heavy atom. The smallest absolute Gasteiger partial charge is 0.238 e. The summed E-state index contributed by atoms with van der Waals surface area (Å²) in [5.74, 6) is 0.179. The average molecular weight is 430 g/mol. The number of rotatable bonds is 6. The van der Waals surface area contributed by atoms with Gasteiger partial charge in [0.25, 0.3) is 0 Å². The van der Waals surface area contributed by atoms with Gasteiger partial charge >= 0.3 is 0 Å². The van der Waals surface area contributed by atoms with Gasteiger partial charge in [-0.1, -0.05) is 0 Å². The van der Waals surface area contributed by atoms with Crippen LogP contribution in [0.3, 0.4) is 0 Å². The second-order valence-electron chi connectivity index (χ2n) is 8.69. The topological polar surface area (TPSA) is 68.4 Å². The van der Waals surface area contributed by atoms with Crippen LogP contribution in [0.4, 0.5) is 11.4 Å². The van der Waals surface area contributed by atoms with Crippen molar-refractivity contribution in [2.45, 2.75) is 19.3 Å². The third-order valence-corrected chi connectivity index (χ3v) is 6.43. The number of carbonyl (C=O) groups excluding carboxylic acids is 2. The van der Waals surface area contributed by atoms with Gasteiger partial charge in [-0.15, -0.1) is 0 Å². The fourth-order valence-corrected chi connectivity index (χ4v) is 4.52. The zero-order chi connectivity index (χ0) is 21.5. The van der Waals surface area contributed by atoms with Gasteiger partial charge in [-0.25, -0.2) is 0 Å². The quantitative estimate of drug-likeness (QED) is 0.730. The molecule has 1 aromatic carbocycles. The first kappa shape index (κ1) is 22.0. The highest BCUT2D eigenvalue weighted by molar-refractivity contribution is 5.92. The van der Waals surface area contributed by atoms with E-state index in [1.807, 2.05) is 17.0 Å². The van der Waals surface area contributed by atoms with E-state index in [0.717, 1.165) is 45.0 Å². The minimum Gasteiger partial charge on any atom is -0.379 e. The summed E-state index contributed by atoms with van der Waals surface area (Å²) in [7, 11) is 0. The number of nitrogens with one attached hydrogen (secondary N) is 1. The minimum absolute atomic E-state index is 0.00110. The van der Waals surface area contributed by atoms with Crippen molar-refractivity contribution in [3.05, 3.63) is 24.3 Å². The van der Waals surface area contributed by atoms with E-state index in [9.17, 15) is 9.59 Å². The van der Waals surface area contributed by atoms with Gasteiger partial charge in [0.15, 0.2) is 0 Å². The van der Waals surface area contributed by atoms with Crippen LogP contribution in [0.2, 0.25) is 0 Å². The number of piperazine rings is 1. The van der Waals surface area contributed by atoms with Crippen LogP contribution in [0.15, 0.2) is 24.3 Å². The van der Waals surface area contributed by atoms with E-state index in [4.69, 9.17) is 4.74 Å². The normalized spacial score (nSPS) is 21.2. The van der Waals surface area contributed by atoms with Gasteiger partial charge < -0.3 is 19.9 Å². The summed E-state index contributed by atoms with van der Waals surface area (Å²) in [5.41, 5.74) is 2.07. The lowest BCUT2D eigenvalue weighted by molar-refractivity contribution is -0.135. The highest BCUT2D eigenvalue weighted by atomic mass is 16.5. The zero-order valence-corrected chi connectivity index (χ0v) is 18.4. The lowest BCUT2D eigenvalue weighted by Gasteiger charge is -2.36. The molecule has 8 nitrogen and oxygen atoms in total. The van der Waals surface area contributed by atoms with Gasteiger partial charge in [-0.2, -0.15) is 0 Å². The predicted octanol–water partition coefficient (Wildman–Crippen LogP) is 1.09. The molecule has 0 atom stereocenters. The maximum absolute atomic E-state index is 12.5. The van der Waals surface area contributed by atoms with Crippen molar-refractivity contribution in [1.82, 2.24) is 14.7 Å². The van der Waals surface area contributed by atoms with Crippen LogP contribution in [0, 0.1) is 0 Å². The van der Waals surface area contributed by atoms with E-state index in [0.29, 0.717) is 39.4 Å². The fourth-order valence-electron chi connectivity index (χ4n) is 4.52. The molecule has 0 spiro atoms. The molecule has 3 saturated heterocycles. The van der Waals surface area contributed by atoms with Gasteiger partial charge in [0.1, 0.15) is 0 Å². The van der Waals surface area contributed by atoms with E-state index in [1.54, 1.807) is 0 Å². The molecule has 31 heavy (non-hydrogen) atoms. The van der Waals surface area contributed by atoms with Crippen molar-refractivity contribution in [1.29, 1.82) is 0 Å². The van der Waals surface area contributed by atoms with Crippen LogP contribution >= 0.6 is 0 Å². The van der Waals surface area contributed by atoms with Crippen LogP contribution in [0.25, 0.3) is 0 Å². The molecule has 0 aliphatic carbocycles. The molecule has 2 amide bonds. The Bertz CT molecular complexity index is 721. The molecule has 3 fully saturated rings. The summed E-state index contributed by atoms with van der Waals surface area (Å²) < 4.78 is 5.34. The number of morpholine rings is 1. The van der Waals surface area contributed by atoms with Gasteiger partial charge in [-0.3, -0.25) is 19.4 Å². The molecule has 0 saturated carbocycles. The molecule has 170 valence electrons. The second kappa shape index (κ2) is 10.9. The molecule has 0 bridgehead atoms. The Labute approximate surface area is 185 Å². The highest BCUT2D eigenvalue weighted by Gasteiger charge is 2.24. The number of anilines is 2. The molecule has 8 heteroatoms. The lowest BCUT2D eigenvalue weighted by atomic mass is 10.1. The Kier molecular flexibility index (Phi) is 7.77. The Balaban J connectivity index is 1.17. The second-order valence-corrected chi connectivity index (χ2v) is 8.69. The lowest BCUT2D eigenvalue weighted by Crippen LogP contribution is -2.53. The van der Waals surface area contributed by atoms with E-state index >= 15 is 0 Å². The molecule has 0 radical (unpaired) electrons. The van der Waals surface area contributed by atoms with E-state index in [2.05, 4.69) is 32.1 Å². The van der Waals surface area contributed by atoms with E-state index in [1.165, 1.54) is 24.9 Å². The van der Waals surface area contributed by atoms with Crippen molar-refractivity contribution in [3.8, 4) is 0 Å². The first-order valence-corrected chi connectivity index (χ1v) is 11.6. The first-order valence-electron chi connectivity index (χ1n) is 11.6. The van der Waals surface area contributed by atoms with Crippen molar-refractivity contribution >= 4 is 23.2 Å². The van der Waals surface area contributed by atoms with Gasteiger partial charge in [0.05, 0.1) is 26.3 Å². The number of carbonyl (C=O) groups is 2. The molecule has 1 aromatic rings. The van der Waals surface area contributed by atoms with Crippen LogP contribution in [0.1, 0.15) is 19.3 Å². The zero-order valence-electron chi connectivity index (χ0n) is 18.4. The number of ether oxygens (including phenoxy) is 1. The van der Waals surface area contributed by atoms with Crippen molar-refractivity contribution in [3.63, 3.8) is 0 Å². The number of hydrogen-bond acceptors (Lipinski definition) is 6. The molecule has 4 rings (SSSR count). The summed E-state index contributed by atoms with van der Waals surface area (Å²) in [6.07, 6.45) is 3.83. The van der Waals surface area contributed by atoms with E-state index in [-0.39, 0.29) is 11.8 Å². The molecule has 3 aliphatic rings. The standard InChI is InChI=1S/C23H35N5O3/c29-22(24-20-4-6-21(7-5-20)27-8-2-1-3-9-27)18-25-10-12-28(13-11-25)23(30)19-26-14-16-31-17-15-26/h4-7H,1-3,8-19H2,(H,24,29). The Morgan fingerprint density at radius 2 is 1.42 bits per heavy atom. The summed E-state index contributed by atoms with van der Waals surface area (Å²) in [6.45, 7) is 8.95. The maximum atomic E-state index is 12.5. The summed E-state index contributed by atoms with van der Waals surface area (Å²) in [5, 5.41) is 3.01. The fraction of sp³-hybridized carbons (Fsp3) is 0.652. The SMILES string of the molecule is O=C(CN1CCN(C(=O)CN2CCOCC2)CC1)Nc1ccc(N2CCCCC2)cc1. The Morgan fingerprint density at radius 3 is 2.10 bits per heavy atom. The first-order chi connectivity index (χ1) is 15.2. The van der Waals surface area contributed by atoms with Crippen LogP contribution in [-0.4, -0.2) is 105 Å². The Hall–Kier alpha value is -2.16. The van der Waals surface area contributed by atoms with Gasteiger partial charge in [0, 0.05) is 63.7 Å². The van der Waals surface area contributed by atoms with E-state index < -0.39 is 0 Å². The van der Waals surface area contributed by atoms with Gasteiger partial charge in [-0.05, 0) is 43.5 Å². The number of piperidine rings is 1. The maximum Gasteiger partial charge on any atom is 0.238 e. The molecule has 0 aromatic heterocycles. The monoisotopic (exact) mass is 429 g/mol. The number of hydrogen-bond donors (Lipinski definition) is 1. The molecule has 0 unspecified atom stereocenters. The van der Waals surface area contributed by atoms with Crippen molar-refractivity contribution in [2.24, 2.45) is 0 Å². The molecular weight excluding hydrogens is 394 g/mol. The molecule has 3 heterocycles. The highest BCUT2D eigenvalue weighted by Crippen LogP contribution is 2.21. The molecular formula is C23H35N5O3. The molecule has 3 aliphatic heterocycles. The third kappa shape index (κ3) is 6.41. The summed E-state index contributed by atoms with van der Waals surface area (Å²) in [4.78, 5) is 33.6.